The molecular formula is C14H15ClO2S2. The van der Waals surface area contributed by atoms with E-state index in [0.717, 1.165) is 21.9 Å². The molecule has 1 aromatic carbocycles. The Morgan fingerprint density at radius 2 is 2.16 bits per heavy atom. The summed E-state index contributed by atoms with van der Waals surface area (Å²) in [7, 11) is 0. The Balaban J connectivity index is 1.67. The zero-order valence-corrected chi connectivity index (χ0v) is 12.8. The van der Waals surface area contributed by atoms with Gasteiger partial charge in [0.15, 0.2) is 0 Å². The zero-order valence-electron chi connectivity index (χ0n) is 10.4. The van der Waals surface area contributed by atoms with Gasteiger partial charge in [-0.2, -0.15) is 11.8 Å². The summed E-state index contributed by atoms with van der Waals surface area (Å²) >= 11 is 10.0. The zero-order chi connectivity index (χ0) is 13.3. The Hall–Kier alpha value is -0.260. The van der Waals surface area contributed by atoms with Gasteiger partial charge in [0.05, 0.1) is 24.8 Å². The van der Waals surface area contributed by atoms with E-state index in [4.69, 9.17) is 16.3 Å². The highest BCUT2D eigenvalue weighted by Gasteiger charge is 2.37. The van der Waals surface area contributed by atoms with Crippen LogP contribution < -0.4 is 0 Å². The van der Waals surface area contributed by atoms with Crippen molar-refractivity contribution in [2.75, 3.05) is 25.6 Å². The molecule has 102 valence electrons. The van der Waals surface area contributed by atoms with Gasteiger partial charge in [-0.1, -0.05) is 29.8 Å². The summed E-state index contributed by atoms with van der Waals surface area (Å²) < 4.78 is 6.45. The average Bonchev–Trinajstić information content (AvgIpc) is 2.70. The second kappa shape index (κ2) is 5.62. The predicted molar refractivity (Wildman–Crippen MR) is 83.3 cm³/mol. The topological polar surface area (TPSA) is 29.5 Å². The molecule has 0 spiro atoms. The Morgan fingerprint density at radius 1 is 1.37 bits per heavy atom. The SMILES string of the molecule is OCC1(CSCc2sc3ccccc3c2Cl)COC1. The third kappa shape index (κ3) is 2.65. The lowest BCUT2D eigenvalue weighted by Crippen LogP contribution is -2.47. The molecule has 3 rings (SSSR count). The van der Waals surface area contributed by atoms with Gasteiger partial charge < -0.3 is 9.84 Å². The fraction of sp³-hybridized carbons (Fsp3) is 0.429. The van der Waals surface area contributed by atoms with E-state index in [2.05, 4.69) is 12.1 Å². The highest BCUT2D eigenvalue weighted by molar-refractivity contribution is 7.98. The van der Waals surface area contributed by atoms with Gasteiger partial charge in [-0.05, 0) is 6.07 Å². The van der Waals surface area contributed by atoms with E-state index in [-0.39, 0.29) is 12.0 Å². The molecule has 1 aliphatic heterocycles. The summed E-state index contributed by atoms with van der Waals surface area (Å²) in [4.78, 5) is 1.22. The van der Waals surface area contributed by atoms with Crippen LogP contribution in [-0.2, 0) is 10.5 Å². The summed E-state index contributed by atoms with van der Waals surface area (Å²) in [5, 5.41) is 11.4. The first kappa shape index (κ1) is 13.7. The highest BCUT2D eigenvalue weighted by atomic mass is 35.5. The molecule has 2 nitrogen and oxygen atoms in total. The maximum atomic E-state index is 9.39. The molecule has 2 heterocycles. The van der Waals surface area contributed by atoms with Crippen LogP contribution in [-0.4, -0.2) is 30.7 Å². The summed E-state index contributed by atoms with van der Waals surface area (Å²) in [6.07, 6.45) is 0. The number of aliphatic hydroxyl groups is 1. The minimum absolute atomic E-state index is 0.0200. The fourth-order valence-electron chi connectivity index (χ4n) is 2.13. The summed E-state index contributed by atoms with van der Waals surface area (Å²) in [5.41, 5.74) is -0.0200. The van der Waals surface area contributed by atoms with E-state index < -0.39 is 0 Å². The van der Waals surface area contributed by atoms with Gasteiger partial charge in [-0.3, -0.25) is 0 Å². The van der Waals surface area contributed by atoms with Crippen molar-refractivity contribution in [2.24, 2.45) is 5.41 Å². The number of aliphatic hydroxyl groups excluding tert-OH is 1. The molecule has 1 N–H and O–H groups in total. The number of thioether (sulfide) groups is 1. The molecule has 5 heteroatoms. The molecule has 0 aliphatic carbocycles. The van der Waals surface area contributed by atoms with Crippen LogP contribution in [0.2, 0.25) is 5.02 Å². The third-order valence-corrected chi connectivity index (χ3v) is 6.60. The van der Waals surface area contributed by atoms with Crippen molar-refractivity contribution in [1.82, 2.24) is 0 Å². The van der Waals surface area contributed by atoms with Crippen molar-refractivity contribution < 1.29 is 9.84 Å². The maximum absolute atomic E-state index is 9.39. The minimum atomic E-state index is -0.0200. The molecular weight excluding hydrogens is 300 g/mol. The smallest absolute Gasteiger partial charge is 0.0632 e. The number of ether oxygens (including phenoxy) is 1. The molecule has 0 amide bonds. The van der Waals surface area contributed by atoms with E-state index >= 15 is 0 Å². The van der Waals surface area contributed by atoms with Crippen molar-refractivity contribution in [3.05, 3.63) is 34.2 Å². The highest BCUT2D eigenvalue weighted by Crippen LogP contribution is 2.39. The molecule has 1 saturated heterocycles. The van der Waals surface area contributed by atoms with Crippen molar-refractivity contribution >= 4 is 44.8 Å². The van der Waals surface area contributed by atoms with Crippen LogP contribution in [0.15, 0.2) is 24.3 Å². The van der Waals surface area contributed by atoms with Crippen molar-refractivity contribution in [1.29, 1.82) is 0 Å². The lowest BCUT2D eigenvalue weighted by molar-refractivity contribution is -0.121. The molecule has 2 aromatic rings. The van der Waals surface area contributed by atoms with Gasteiger partial charge in [0, 0.05) is 31.9 Å². The van der Waals surface area contributed by atoms with Crippen LogP contribution in [0.4, 0.5) is 0 Å². The first-order chi connectivity index (χ1) is 9.24. The Morgan fingerprint density at radius 3 is 2.79 bits per heavy atom. The minimum Gasteiger partial charge on any atom is -0.396 e. The number of hydrogen-bond donors (Lipinski definition) is 1. The Kier molecular flexibility index (Phi) is 4.06. The monoisotopic (exact) mass is 314 g/mol. The Bertz CT molecular complexity index is 572. The van der Waals surface area contributed by atoms with E-state index in [1.807, 2.05) is 23.9 Å². The van der Waals surface area contributed by atoms with E-state index in [1.54, 1.807) is 11.3 Å². The second-order valence-corrected chi connectivity index (χ2v) is 7.48. The maximum Gasteiger partial charge on any atom is 0.0632 e. The quantitative estimate of drug-likeness (QED) is 0.910. The van der Waals surface area contributed by atoms with Crippen LogP contribution in [0.25, 0.3) is 10.1 Å². The Labute approximate surface area is 125 Å². The van der Waals surface area contributed by atoms with Crippen LogP contribution in [0, 0.1) is 5.41 Å². The van der Waals surface area contributed by atoms with Crippen molar-refractivity contribution in [3.63, 3.8) is 0 Å². The molecule has 0 saturated carbocycles. The number of thiophene rings is 1. The first-order valence-electron chi connectivity index (χ1n) is 6.16. The number of fused-ring (bicyclic) bond motifs is 1. The normalized spacial score (nSPS) is 17.6. The molecule has 1 aromatic heterocycles. The first-order valence-corrected chi connectivity index (χ1v) is 8.51. The second-order valence-electron chi connectivity index (χ2n) is 4.98. The molecule has 0 radical (unpaired) electrons. The van der Waals surface area contributed by atoms with Gasteiger partial charge in [0.2, 0.25) is 0 Å². The van der Waals surface area contributed by atoms with E-state index in [0.29, 0.717) is 13.2 Å². The summed E-state index contributed by atoms with van der Waals surface area (Å²) in [5.74, 6) is 1.83. The largest absolute Gasteiger partial charge is 0.396 e. The van der Waals surface area contributed by atoms with Crippen LogP contribution in [0.1, 0.15) is 4.88 Å². The van der Waals surface area contributed by atoms with Gasteiger partial charge in [-0.15, -0.1) is 11.3 Å². The number of benzene rings is 1. The lowest BCUT2D eigenvalue weighted by Gasteiger charge is -2.39. The molecule has 1 fully saturated rings. The van der Waals surface area contributed by atoms with E-state index in [9.17, 15) is 5.11 Å². The molecule has 19 heavy (non-hydrogen) atoms. The number of rotatable bonds is 5. The fourth-order valence-corrected chi connectivity index (χ4v) is 5.11. The van der Waals surface area contributed by atoms with Crippen LogP contribution in [0.5, 0.6) is 0 Å². The average molecular weight is 315 g/mol. The summed E-state index contributed by atoms with van der Waals surface area (Å²) in [6, 6.07) is 8.23. The lowest BCUT2D eigenvalue weighted by atomic mass is 9.90. The predicted octanol–water partition coefficient (Wildman–Crippen LogP) is 3.80. The van der Waals surface area contributed by atoms with Gasteiger partial charge in [0.1, 0.15) is 0 Å². The van der Waals surface area contributed by atoms with Gasteiger partial charge in [0.25, 0.3) is 0 Å². The molecule has 1 aliphatic rings. The van der Waals surface area contributed by atoms with Gasteiger partial charge in [-0.25, -0.2) is 0 Å². The van der Waals surface area contributed by atoms with Crippen LogP contribution in [0.3, 0.4) is 0 Å². The van der Waals surface area contributed by atoms with Crippen molar-refractivity contribution in [2.45, 2.75) is 5.75 Å². The summed E-state index contributed by atoms with van der Waals surface area (Å²) in [6.45, 7) is 1.56. The number of halogens is 1. The van der Waals surface area contributed by atoms with Gasteiger partial charge >= 0.3 is 0 Å². The van der Waals surface area contributed by atoms with Crippen molar-refractivity contribution in [3.8, 4) is 0 Å². The molecule has 0 bridgehead atoms. The standard InChI is InChI=1S/C14H15ClO2S2/c15-13-10-3-1-2-4-11(10)19-12(13)5-18-9-14(6-16)7-17-8-14/h1-4,16H,5-9H2. The van der Waals surface area contributed by atoms with Crippen LogP contribution >= 0.6 is 34.7 Å². The number of hydrogen-bond acceptors (Lipinski definition) is 4. The molecule has 0 unspecified atom stereocenters. The third-order valence-electron chi connectivity index (χ3n) is 3.39. The van der Waals surface area contributed by atoms with E-state index in [1.165, 1.54) is 9.58 Å². The molecule has 0 atom stereocenters.